The van der Waals surface area contributed by atoms with Crippen LogP contribution >= 0.6 is 0 Å². The Bertz CT molecular complexity index is 279. The van der Waals surface area contributed by atoms with Gasteiger partial charge < -0.3 is 10.1 Å². The van der Waals surface area contributed by atoms with Crippen molar-refractivity contribution in [3.8, 4) is 5.88 Å². The molecular formula is C7H11N3O. The van der Waals surface area contributed by atoms with Gasteiger partial charge in [0.15, 0.2) is 0 Å². The number of nitrogens with one attached hydrogen (secondary N) is 1. The molecular weight excluding hydrogens is 142 g/mol. The van der Waals surface area contributed by atoms with Crippen LogP contribution in [0.15, 0.2) is 6.33 Å². The Morgan fingerprint density at radius 3 is 3.36 bits per heavy atom. The molecule has 0 radical (unpaired) electrons. The average Bonchev–Trinajstić information content (AvgIpc) is 2.06. The second kappa shape index (κ2) is 2.38. The first-order chi connectivity index (χ1) is 5.38. The fourth-order valence-corrected chi connectivity index (χ4v) is 1.09. The molecule has 4 nitrogen and oxygen atoms in total. The Hall–Kier alpha value is -1.32. The third-order valence-corrected chi connectivity index (χ3v) is 1.64. The monoisotopic (exact) mass is 153 g/mol. The molecule has 0 aromatic carbocycles. The minimum atomic E-state index is 0. The van der Waals surface area contributed by atoms with E-state index in [2.05, 4.69) is 15.3 Å². The van der Waals surface area contributed by atoms with Crippen LogP contribution in [0.2, 0.25) is 0 Å². The van der Waals surface area contributed by atoms with Crippen LogP contribution in [-0.2, 0) is 0 Å². The third-order valence-electron chi connectivity index (χ3n) is 1.64. The second-order valence-electron chi connectivity index (χ2n) is 2.41. The first-order valence-electron chi connectivity index (χ1n) is 3.56. The Balaban J connectivity index is 0.000000720. The summed E-state index contributed by atoms with van der Waals surface area (Å²) < 4.78 is 5.29. The number of fused-ring (bicyclic) bond motifs is 1. The van der Waals surface area contributed by atoms with Gasteiger partial charge in [-0.25, -0.2) is 4.98 Å². The number of hydrogen-bond donors (Lipinski definition) is 1. The summed E-state index contributed by atoms with van der Waals surface area (Å²) in [5.41, 5.74) is 1.87. The van der Waals surface area contributed by atoms with Crippen LogP contribution in [0.5, 0.6) is 5.88 Å². The Morgan fingerprint density at radius 2 is 2.55 bits per heavy atom. The molecule has 11 heavy (non-hydrogen) atoms. The van der Waals surface area contributed by atoms with Gasteiger partial charge >= 0.3 is 0 Å². The number of ether oxygens (including phenoxy) is 1. The number of aromatic nitrogens is 2. The van der Waals surface area contributed by atoms with E-state index in [4.69, 9.17) is 4.74 Å². The normalized spacial score (nSPS) is 14.6. The second-order valence-corrected chi connectivity index (χ2v) is 2.41. The van der Waals surface area contributed by atoms with Crippen LogP contribution in [0.4, 0.5) is 5.69 Å². The van der Waals surface area contributed by atoms with Gasteiger partial charge in [0.1, 0.15) is 18.6 Å². The van der Waals surface area contributed by atoms with Crippen molar-refractivity contribution in [1.29, 1.82) is 0 Å². The van der Waals surface area contributed by atoms with Gasteiger partial charge in [-0.1, -0.05) is 0 Å². The predicted molar refractivity (Wildman–Crippen MR) is 42.9 cm³/mol. The van der Waals surface area contributed by atoms with Gasteiger partial charge in [-0.05, 0) is 6.92 Å². The van der Waals surface area contributed by atoms with Gasteiger partial charge in [-0.3, -0.25) is 0 Å². The fraction of sp³-hybridized carbons (Fsp3) is 0.429. The molecule has 2 heterocycles. The van der Waals surface area contributed by atoms with Crippen molar-refractivity contribution in [3.63, 3.8) is 0 Å². The zero-order valence-electron chi connectivity index (χ0n) is 6.29. The van der Waals surface area contributed by atoms with Crippen LogP contribution in [0.25, 0.3) is 0 Å². The van der Waals surface area contributed by atoms with Gasteiger partial charge in [0, 0.05) is 7.97 Å². The summed E-state index contributed by atoms with van der Waals surface area (Å²) >= 11 is 0. The molecule has 1 aromatic rings. The molecule has 1 aliphatic heterocycles. The van der Waals surface area contributed by atoms with Crippen LogP contribution in [0.1, 0.15) is 7.12 Å². The van der Waals surface area contributed by atoms with E-state index in [1.54, 1.807) is 0 Å². The van der Waals surface area contributed by atoms with Gasteiger partial charge in [0.2, 0.25) is 5.88 Å². The molecule has 0 spiro atoms. The first-order valence-corrected chi connectivity index (χ1v) is 3.56. The minimum Gasteiger partial charge on any atom is -0.474 e. The summed E-state index contributed by atoms with van der Waals surface area (Å²) in [6.45, 7) is 3.45. The Kier molecular flexibility index (Phi) is 1.38. The molecule has 1 N–H and O–H groups in total. The maximum Gasteiger partial charge on any atom is 0.240 e. The fourth-order valence-electron chi connectivity index (χ4n) is 1.09. The van der Waals surface area contributed by atoms with Gasteiger partial charge in [-0.15, -0.1) is 0 Å². The van der Waals surface area contributed by atoms with E-state index in [1.807, 2.05) is 6.92 Å². The summed E-state index contributed by atoms with van der Waals surface area (Å²) in [5, 5.41) is 3.18. The number of aryl methyl sites for hydroxylation is 1. The zero-order valence-corrected chi connectivity index (χ0v) is 6.29. The molecule has 4 heteroatoms. The van der Waals surface area contributed by atoms with Crippen molar-refractivity contribution in [3.05, 3.63) is 12.0 Å². The maximum absolute atomic E-state index is 5.29. The lowest BCUT2D eigenvalue weighted by atomic mass is 10.3. The zero-order chi connectivity index (χ0) is 7.68. The van der Waals surface area contributed by atoms with Crippen molar-refractivity contribution < 1.29 is 6.16 Å². The average molecular weight is 153 g/mol. The van der Waals surface area contributed by atoms with E-state index in [0.717, 1.165) is 17.9 Å². The van der Waals surface area contributed by atoms with E-state index in [9.17, 15) is 0 Å². The highest BCUT2D eigenvalue weighted by Gasteiger charge is 2.12. The van der Waals surface area contributed by atoms with E-state index in [0.29, 0.717) is 12.5 Å². The highest BCUT2D eigenvalue weighted by Crippen LogP contribution is 2.25. The lowest BCUT2D eigenvalue weighted by molar-refractivity contribution is 0.309. The topological polar surface area (TPSA) is 47.0 Å². The van der Waals surface area contributed by atoms with Crippen molar-refractivity contribution in [2.24, 2.45) is 0 Å². The first kappa shape index (κ1) is 6.39. The minimum absolute atomic E-state index is 0. The van der Waals surface area contributed by atoms with Gasteiger partial charge in [0.25, 0.3) is 0 Å². The quantitative estimate of drug-likeness (QED) is 0.599. The summed E-state index contributed by atoms with van der Waals surface area (Å²) in [7, 11) is 0. The van der Waals surface area contributed by atoms with Crippen LogP contribution in [0, 0.1) is 6.92 Å². The van der Waals surface area contributed by atoms with Gasteiger partial charge in [0.05, 0.1) is 5.69 Å². The molecule has 2 rings (SSSR count). The van der Waals surface area contributed by atoms with Crippen LogP contribution in [0.3, 0.4) is 0 Å². The van der Waals surface area contributed by atoms with Crippen LogP contribution in [-0.4, -0.2) is 23.1 Å². The molecule has 0 bridgehead atoms. The maximum atomic E-state index is 5.29. The summed E-state index contributed by atoms with van der Waals surface area (Å²) in [6.07, 6.45) is 1.52. The molecule has 0 atom stereocenters. The SMILES string of the molecule is Cc1ncnc2c1NCCO2.[HH]. The molecule has 0 aliphatic carbocycles. The summed E-state index contributed by atoms with van der Waals surface area (Å²) in [4.78, 5) is 8.02. The Morgan fingerprint density at radius 1 is 1.64 bits per heavy atom. The third kappa shape index (κ3) is 1.00. The lowest BCUT2D eigenvalue weighted by Crippen LogP contribution is -2.20. The molecule has 1 aromatic heterocycles. The number of hydrogen-bond acceptors (Lipinski definition) is 4. The Labute approximate surface area is 66.1 Å². The smallest absolute Gasteiger partial charge is 0.240 e. The lowest BCUT2D eigenvalue weighted by Gasteiger charge is -2.18. The molecule has 1 aliphatic rings. The van der Waals surface area contributed by atoms with Crippen molar-refractivity contribution >= 4 is 5.69 Å². The summed E-state index contributed by atoms with van der Waals surface area (Å²) in [5.74, 6) is 0.670. The highest BCUT2D eigenvalue weighted by molar-refractivity contribution is 5.56. The van der Waals surface area contributed by atoms with Crippen LogP contribution < -0.4 is 10.1 Å². The van der Waals surface area contributed by atoms with Crippen molar-refractivity contribution in [1.82, 2.24) is 9.97 Å². The highest BCUT2D eigenvalue weighted by atomic mass is 16.5. The van der Waals surface area contributed by atoms with Crippen molar-refractivity contribution in [2.45, 2.75) is 6.92 Å². The van der Waals surface area contributed by atoms with E-state index < -0.39 is 0 Å². The van der Waals surface area contributed by atoms with Gasteiger partial charge in [-0.2, -0.15) is 4.98 Å². The standard InChI is InChI=1S/C7H9N3O.H2/c1-5-6-7(10-4-9-5)11-3-2-8-6;/h4,8H,2-3H2,1H3;1H. The predicted octanol–water partition coefficient (Wildman–Crippen LogP) is 0.835. The number of rotatable bonds is 0. The molecule has 0 fully saturated rings. The largest absolute Gasteiger partial charge is 0.474 e. The number of anilines is 1. The van der Waals surface area contributed by atoms with E-state index >= 15 is 0 Å². The van der Waals surface area contributed by atoms with E-state index in [1.165, 1.54) is 6.33 Å². The number of nitrogens with zero attached hydrogens (tertiary/aromatic N) is 2. The molecule has 0 saturated heterocycles. The van der Waals surface area contributed by atoms with E-state index in [-0.39, 0.29) is 1.43 Å². The molecule has 0 amide bonds. The summed E-state index contributed by atoms with van der Waals surface area (Å²) in [6, 6.07) is 0. The molecule has 60 valence electrons. The molecule has 0 unspecified atom stereocenters. The van der Waals surface area contributed by atoms with Crippen molar-refractivity contribution in [2.75, 3.05) is 18.5 Å². The molecule has 0 saturated carbocycles.